The molecule has 21 heavy (non-hydrogen) atoms. The van der Waals surface area contributed by atoms with Crippen LogP contribution >= 0.6 is 15.9 Å². The number of carboxylic acid groups (broad SMARTS) is 1. The molecule has 2 rings (SSSR count). The second kappa shape index (κ2) is 6.34. The molecule has 114 valence electrons. The van der Waals surface area contributed by atoms with Gasteiger partial charge in [0, 0.05) is 11.0 Å². The van der Waals surface area contributed by atoms with E-state index in [0.717, 1.165) is 10.0 Å². The average molecular weight is 358 g/mol. The van der Waals surface area contributed by atoms with Crippen LogP contribution < -0.4 is 14.8 Å². The number of carboxylic acids is 1. The van der Waals surface area contributed by atoms with Crippen LogP contribution in [0.3, 0.4) is 0 Å². The van der Waals surface area contributed by atoms with E-state index in [1.54, 1.807) is 19.2 Å². The molecule has 2 atom stereocenters. The Balaban J connectivity index is 2.00. The number of benzene rings is 1. The maximum Gasteiger partial charge on any atom is 0.307 e. The second-order valence-corrected chi connectivity index (χ2v) is 5.66. The van der Waals surface area contributed by atoms with Crippen molar-refractivity contribution in [3.8, 4) is 11.5 Å². The van der Waals surface area contributed by atoms with E-state index in [4.69, 9.17) is 14.6 Å². The van der Waals surface area contributed by atoms with Crippen LogP contribution in [0.1, 0.15) is 12.0 Å². The fourth-order valence-electron chi connectivity index (χ4n) is 2.10. The van der Waals surface area contributed by atoms with Gasteiger partial charge in [0.05, 0.1) is 26.1 Å². The third-order valence-corrected chi connectivity index (χ3v) is 4.19. The normalized spacial score (nSPS) is 19.8. The van der Waals surface area contributed by atoms with Gasteiger partial charge in [-0.05, 0) is 24.1 Å². The summed E-state index contributed by atoms with van der Waals surface area (Å²) in [7, 11) is 3.08. The minimum Gasteiger partial charge on any atom is -0.493 e. The molecule has 2 N–H and O–H groups in total. The summed E-state index contributed by atoms with van der Waals surface area (Å²) in [5.41, 5.74) is 0.827. The van der Waals surface area contributed by atoms with Gasteiger partial charge in [0.1, 0.15) is 0 Å². The van der Waals surface area contributed by atoms with Crippen molar-refractivity contribution in [3.05, 3.63) is 22.2 Å². The van der Waals surface area contributed by atoms with Crippen molar-refractivity contribution in [1.29, 1.82) is 0 Å². The molecule has 1 fully saturated rings. The molecule has 6 nitrogen and oxygen atoms in total. The van der Waals surface area contributed by atoms with Crippen molar-refractivity contribution in [2.45, 2.75) is 13.0 Å². The third-order valence-electron chi connectivity index (χ3n) is 3.45. The van der Waals surface area contributed by atoms with E-state index in [0.29, 0.717) is 24.5 Å². The highest BCUT2D eigenvalue weighted by Crippen LogP contribution is 2.39. The molecule has 0 radical (unpaired) electrons. The van der Waals surface area contributed by atoms with Crippen LogP contribution in [-0.2, 0) is 16.1 Å². The van der Waals surface area contributed by atoms with Crippen LogP contribution in [0.2, 0.25) is 0 Å². The van der Waals surface area contributed by atoms with Crippen molar-refractivity contribution in [2.24, 2.45) is 11.8 Å². The Morgan fingerprint density at radius 2 is 1.90 bits per heavy atom. The molecule has 0 bridgehead atoms. The van der Waals surface area contributed by atoms with Gasteiger partial charge in [-0.3, -0.25) is 9.59 Å². The van der Waals surface area contributed by atoms with Crippen LogP contribution in [-0.4, -0.2) is 31.2 Å². The predicted octanol–water partition coefficient (Wildman–Crippen LogP) is 1.80. The van der Waals surface area contributed by atoms with Gasteiger partial charge in [-0.15, -0.1) is 0 Å². The molecular formula is C14H16BrNO5. The van der Waals surface area contributed by atoms with Crippen molar-refractivity contribution in [3.63, 3.8) is 0 Å². The fraction of sp³-hybridized carbons (Fsp3) is 0.429. The van der Waals surface area contributed by atoms with Crippen molar-refractivity contribution in [2.75, 3.05) is 14.2 Å². The molecule has 1 aromatic carbocycles. The molecule has 0 aromatic heterocycles. The highest BCUT2D eigenvalue weighted by Gasteiger charge is 2.48. The summed E-state index contributed by atoms with van der Waals surface area (Å²) in [5.74, 6) is -0.945. The standard InChI is InChI=1S/C14H16BrNO5/c1-20-11-3-7(10(15)5-12(11)21-2)6-16-13(17)8-4-9(8)14(18)19/h3,5,8-9H,4,6H2,1-2H3,(H,16,17)(H,18,19)/t8-,9-/m0/s1. The first kappa shape index (κ1) is 15.6. The number of carbonyl (C=O) groups excluding carboxylic acids is 1. The summed E-state index contributed by atoms with van der Waals surface area (Å²) in [4.78, 5) is 22.6. The van der Waals surface area contributed by atoms with E-state index in [2.05, 4.69) is 21.2 Å². The van der Waals surface area contributed by atoms with Gasteiger partial charge in [0.25, 0.3) is 0 Å². The number of hydrogen-bond donors (Lipinski definition) is 2. The maximum atomic E-state index is 11.8. The Kier molecular flexibility index (Phi) is 4.72. The average Bonchev–Trinajstić information content (AvgIpc) is 3.25. The summed E-state index contributed by atoms with van der Waals surface area (Å²) in [6.45, 7) is 0.294. The molecule has 1 aromatic rings. The van der Waals surface area contributed by atoms with Crippen LogP contribution in [0, 0.1) is 11.8 Å². The van der Waals surface area contributed by atoms with Gasteiger partial charge in [0.2, 0.25) is 5.91 Å². The number of hydrogen-bond acceptors (Lipinski definition) is 4. The molecule has 0 spiro atoms. The number of ether oxygens (including phenoxy) is 2. The minimum atomic E-state index is -0.914. The van der Waals surface area contributed by atoms with Crippen LogP contribution in [0.15, 0.2) is 16.6 Å². The molecule has 1 amide bonds. The van der Waals surface area contributed by atoms with Gasteiger partial charge in [-0.2, -0.15) is 0 Å². The summed E-state index contributed by atoms with van der Waals surface area (Å²) in [6.07, 6.45) is 0.411. The lowest BCUT2D eigenvalue weighted by Crippen LogP contribution is -2.26. The molecule has 1 aliphatic rings. The first-order chi connectivity index (χ1) is 9.97. The highest BCUT2D eigenvalue weighted by atomic mass is 79.9. The largest absolute Gasteiger partial charge is 0.493 e. The molecule has 0 saturated heterocycles. The number of amides is 1. The van der Waals surface area contributed by atoms with E-state index in [-0.39, 0.29) is 5.91 Å². The van der Waals surface area contributed by atoms with Gasteiger partial charge in [-0.1, -0.05) is 15.9 Å². The van der Waals surface area contributed by atoms with Crippen molar-refractivity contribution in [1.82, 2.24) is 5.32 Å². The van der Waals surface area contributed by atoms with E-state index in [1.165, 1.54) is 7.11 Å². The summed E-state index contributed by atoms with van der Waals surface area (Å²) in [5, 5.41) is 11.6. The number of aliphatic carboxylic acids is 1. The molecule has 1 aliphatic carbocycles. The Morgan fingerprint density at radius 1 is 1.29 bits per heavy atom. The summed E-state index contributed by atoms with van der Waals surface area (Å²) >= 11 is 3.41. The molecule has 1 saturated carbocycles. The number of rotatable bonds is 6. The predicted molar refractivity (Wildman–Crippen MR) is 78.3 cm³/mol. The fourth-order valence-corrected chi connectivity index (χ4v) is 2.57. The molecule has 7 heteroatoms. The SMILES string of the molecule is COc1cc(Br)c(CNC(=O)[C@H]2C[C@@H]2C(=O)O)cc1OC. The number of nitrogens with one attached hydrogen (secondary N) is 1. The minimum absolute atomic E-state index is 0.232. The molecule has 0 aliphatic heterocycles. The van der Waals surface area contributed by atoms with E-state index >= 15 is 0 Å². The Labute approximate surface area is 130 Å². The summed E-state index contributed by atoms with van der Waals surface area (Å²) in [6, 6.07) is 3.53. The number of halogens is 1. The number of carbonyl (C=O) groups is 2. The Bertz CT molecular complexity index is 575. The second-order valence-electron chi connectivity index (χ2n) is 4.80. The third kappa shape index (κ3) is 3.47. The molecule has 0 unspecified atom stereocenters. The van der Waals surface area contributed by atoms with Gasteiger partial charge in [0.15, 0.2) is 11.5 Å². The highest BCUT2D eigenvalue weighted by molar-refractivity contribution is 9.10. The Morgan fingerprint density at radius 3 is 2.43 bits per heavy atom. The molecular weight excluding hydrogens is 342 g/mol. The van der Waals surface area contributed by atoms with Gasteiger partial charge >= 0.3 is 5.97 Å². The first-order valence-electron chi connectivity index (χ1n) is 6.38. The van der Waals surface area contributed by atoms with Crippen molar-refractivity contribution < 1.29 is 24.2 Å². The van der Waals surface area contributed by atoms with Crippen LogP contribution in [0.25, 0.3) is 0 Å². The Hall–Kier alpha value is -1.76. The van der Waals surface area contributed by atoms with Gasteiger partial charge < -0.3 is 19.9 Å². The zero-order valence-corrected chi connectivity index (χ0v) is 13.3. The monoisotopic (exact) mass is 357 g/mol. The van der Waals surface area contributed by atoms with E-state index in [1.807, 2.05) is 0 Å². The maximum absolute atomic E-state index is 11.8. The quantitative estimate of drug-likeness (QED) is 0.810. The van der Waals surface area contributed by atoms with E-state index in [9.17, 15) is 9.59 Å². The van der Waals surface area contributed by atoms with Gasteiger partial charge in [-0.25, -0.2) is 0 Å². The zero-order chi connectivity index (χ0) is 15.6. The lowest BCUT2D eigenvalue weighted by atomic mass is 10.2. The zero-order valence-electron chi connectivity index (χ0n) is 11.7. The smallest absolute Gasteiger partial charge is 0.307 e. The lowest BCUT2D eigenvalue weighted by Gasteiger charge is -2.12. The summed E-state index contributed by atoms with van der Waals surface area (Å²) < 4.78 is 11.2. The van der Waals surface area contributed by atoms with E-state index < -0.39 is 17.8 Å². The topological polar surface area (TPSA) is 84.9 Å². The van der Waals surface area contributed by atoms with Crippen molar-refractivity contribution >= 4 is 27.8 Å². The number of methoxy groups -OCH3 is 2. The van der Waals surface area contributed by atoms with Crippen LogP contribution in [0.4, 0.5) is 0 Å². The first-order valence-corrected chi connectivity index (χ1v) is 7.18. The molecule has 0 heterocycles. The lowest BCUT2D eigenvalue weighted by molar-refractivity contribution is -0.140. The van der Waals surface area contributed by atoms with Crippen LogP contribution in [0.5, 0.6) is 11.5 Å².